The molecule has 1 fully saturated rings. The molecule has 0 N–H and O–H groups in total. The Kier molecular flexibility index (Phi) is 3.64. The molecule has 0 amide bonds. The highest BCUT2D eigenvalue weighted by molar-refractivity contribution is 9.10. The number of rotatable bonds is 3. The van der Waals surface area contributed by atoms with Crippen LogP contribution in [0.4, 0.5) is 5.69 Å². The SMILES string of the molecule is CCC1CCCN1c1ccc(C=O)cc1Br. The number of hydrogen-bond donors (Lipinski definition) is 0. The number of carbonyl (C=O) groups is 1. The van der Waals surface area contributed by atoms with E-state index in [2.05, 4.69) is 27.8 Å². The molecule has 0 bridgehead atoms. The first-order valence-electron chi connectivity index (χ1n) is 5.77. The van der Waals surface area contributed by atoms with E-state index in [1.807, 2.05) is 18.2 Å². The van der Waals surface area contributed by atoms with Crippen LogP contribution >= 0.6 is 15.9 Å². The van der Waals surface area contributed by atoms with Gasteiger partial charge in [-0.25, -0.2) is 0 Å². The van der Waals surface area contributed by atoms with Gasteiger partial charge in [0.2, 0.25) is 0 Å². The first-order chi connectivity index (χ1) is 7.76. The second-order valence-corrected chi connectivity index (χ2v) is 5.08. The maximum absolute atomic E-state index is 10.7. The van der Waals surface area contributed by atoms with E-state index in [9.17, 15) is 4.79 Å². The monoisotopic (exact) mass is 281 g/mol. The van der Waals surface area contributed by atoms with Crippen LogP contribution in [0, 0.1) is 0 Å². The third-order valence-electron chi connectivity index (χ3n) is 3.27. The van der Waals surface area contributed by atoms with Crippen LogP contribution in [0.2, 0.25) is 0 Å². The van der Waals surface area contributed by atoms with Crippen molar-refractivity contribution < 1.29 is 4.79 Å². The molecule has 1 saturated heterocycles. The smallest absolute Gasteiger partial charge is 0.150 e. The van der Waals surface area contributed by atoms with E-state index in [0.717, 1.165) is 22.9 Å². The predicted octanol–water partition coefficient (Wildman–Crippen LogP) is 3.64. The lowest BCUT2D eigenvalue weighted by atomic mass is 10.1. The Labute approximate surface area is 105 Å². The Morgan fingerprint density at radius 2 is 2.38 bits per heavy atom. The van der Waals surface area contributed by atoms with Crippen molar-refractivity contribution in [2.45, 2.75) is 32.2 Å². The largest absolute Gasteiger partial charge is 0.368 e. The minimum absolute atomic E-state index is 0.651. The summed E-state index contributed by atoms with van der Waals surface area (Å²) >= 11 is 3.55. The molecular formula is C13H16BrNO. The molecule has 2 nitrogen and oxygen atoms in total. The van der Waals surface area contributed by atoms with Crippen molar-refractivity contribution in [2.75, 3.05) is 11.4 Å². The van der Waals surface area contributed by atoms with Crippen LogP contribution in [0.5, 0.6) is 0 Å². The third-order valence-corrected chi connectivity index (χ3v) is 3.90. The lowest BCUT2D eigenvalue weighted by molar-refractivity contribution is 0.112. The lowest BCUT2D eigenvalue weighted by Gasteiger charge is -2.27. The molecule has 0 aromatic heterocycles. The van der Waals surface area contributed by atoms with Crippen molar-refractivity contribution in [3.63, 3.8) is 0 Å². The first-order valence-corrected chi connectivity index (χ1v) is 6.57. The number of carbonyl (C=O) groups excluding carboxylic acids is 1. The number of hydrogen-bond acceptors (Lipinski definition) is 2. The van der Waals surface area contributed by atoms with Gasteiger partial charge >= 0.3 is 0 Å². The summed E-state index contributed by atoms with van der Waals surface area (Å²) in [7, 11) is 0. The molecule has 16 heavy (non-hydrogen) atoms. The van der Waals surface area contributed by atoms with Gasteiger partial charge in [-0.05, 0) is 53.4 Å². The van der Waals surface area contributed by atoms with Gasteiger partial charge < -0.3 is 4.90 Å². The second-order valence-electron chi connectivity index (χ2n) is 4.23. The molecule has 1 aromatic rings. The molecule has 1 aliphatic heterocycles. The van der Waals surface area contributed by atoms with E-state index in [1.54, 1.807) is 0 Å². The van der Waals surface area contributed by atoms with Gasteiger partial charge in [0, 0.05) is 22.6 Å². The minimum Gasteiger partial charge on any atom is -0.368 e. The number of nitrogens with zero attached hydrogens (tertiary/aromatic N) is 1. The van der Waals surface area contributed by atoms with Gasteiger partial charge in [-0.3, -0.25) is 4.79 Å². The Hall–Kier alpha value is -0.830. The van der Waals surface area contributed by atoms with E-state index in [4.69, 9.17) is 0 Å². The van der Waals surface area contributed by atoms with Gasteiger partial charge in [-0.2, -0.15) is 0 Å². The summed E-state index contributed by atoms with van der Waals surface area (Å²) in [6.45, 7) is 3.36. The van der Waals surface area contributed by atoms with Crippen LogP contribution in [0.3, 0.4) is 0 Å². The van der Waals surface area contributed by atoms with Crippen molar-refractivity contribution in [1.82, 2.24) is 0 Å². The molecule has 0 radical (unpaired) electrons. The van der Waals surface area contributed by atoms with Crippen LogP contribution in [0.15, 0.2) is 22.7 Å². The maximum atomic E-state index is 10.7. The Morgan fingerprint density at radius 3 is 3.00 bits per heavy atom. The Bertz CT molecular complexity index is 392. The van der Waals surface area contributed by atoms with Gasteiger partial charge in [0.1, 0.15) is 6.29 Å². The summed E-state index contributed by atoms with van der Waals surface area (Å²) in [5.74, 6) is 0. The van der Waals surface area contributed by atoms with Gasteiger partial charge in [0.15, 0.2) is 0 Å². The summed E-state index contributed by atoms with van der Waals surface area (Å²) in [6, 6.07) is 6.48. The highest BCUT2D eigenvalue weighted by atomic mass is 79.9. The summed E-state index contributed by atoms with van der Waals surface area (Å²) in [6.07, 6.45) is 4.61. The van der Waals surface area contributed by atoms with Crippen LogP contribution in [-0.2, 0) is 0 Å². The van der Waals surface area contributed by atoms with Crippen LogP contribution in [-0.4, -0.2) is 18.9 Å². The summed E-state index contributed by atoms with van der Waals surface area (Å²) in [5.41, 5.74) is 1.94. The molecule has 1 unspecified atom stereocenters. The van der Waals surface area contributed by atoms with Crippen molar-refractivity contribution in [2.24, 2.45) is 0 Å². The predicted molar refractivity (Wildman–Crippen MR) is 70.2 cm³/mol. The average Bonchev–Trinajstić information content (AvgIpc) is 2.76. The molecule has 3 heteroatoms. The summed E-state index contributed by atoms with van der Waals surface area (Å²) < 4.78 is 1.03. The molecule has 0 spiro atoms. The Morgan fingerprint density at radius 1 is 1.56 bits per heavy atom. The molecule has 0 saturated carbocycles. The topological polar surface area (TPSA) is 20.3 Å². The third kappa shape index (κ3) is 2.14. The normalized spacial score (nSPS) is 20.1. The number of anilines is 1. The number of benzene rings is 1. The van der Waals surface area contributed by atoms with Gasteiger partial charge in [-0.15, -0.1) is 0 Å². The fraction of sp³-hybridized carbons (Fsp3) is 0.462. The minimum atomic E-state index is 0.651. The van der Waals surface area contributed by atoms with Crippen molar-refractivity contribution in [1.29, 1.82) is 0 Å². The zero-order valence-corrected chi connectivity index (χ0v) is 11.0. The highest BCUT2D eigenvalue weighted by Crippen LogP contribution is 2.33. The summed E-state index contributed by atoms with van der Waals surface area (Å²) in [5, 5.41) is 0. The molecule has 86 valence electrons. The van der Waals surface area contributed by atoms with E-state index < -0.39 is 0 Å². The van der Waals surface area contributed by atoms with Crippen LogP contribution in [0.25, 0.3) is 0 Å². The van der Waals surface area contributed by atoms with Gasteiger partial charge in [0.05, 0.1) is 5.69 Å². The van der Waals surface area contributed by atoms with E-state index in [-0.39, 0.29) is 0 Å². The number of aldehydes is 1. The molecular weight excluding hydrogens is 266 g/mol. The summed E-state index contributed by atoms with van der Waals surface area (Å²) in [4.78, 5) is 13.1. The quantitative estimate of drug-likeness (QED) is 0.789. The fourth-order valence-corrected chi connectivity index (χ4v) is 3.03. The lowest BCUT2D eigenvalue weighted by Crippen LogP contribution is -2.28. The molecule has 1 heterocycles. The van der Waals surface area contributed by atoms with Crippen molar-refractivity contribution >= 4 is 27.9 Å². The van der Waals surface area contributed by atoms with E-state index in [0.29, 0.717) is 6.04 Å². The Balaban J connectivity index is 2.29. The van der Waals surface area contributed by atoms with Crippen LogP contribution in [0.1, 0.15) is 36.5 Å². The van der Waals surface area contributed by atoms with Crippen LogP contribution < -0.4 is 4.90 Å². The maximum Gasteiger partial charge on any atom is 0.150 e. The van der Waals surface area contributed by atoms with E-state index in [1.165, 1.54) is 24.9 Å². The van der Waals surface area contributed by atoms with Crippen molar-refractivity contribution in [3.05, 3.63) is 28.2 Å². The van der Waals surface area contributed by atoms with E-state index >= 15 is 0 Å². The second kappa shape index (κ2) is 5.00. The van der Waals surface area contributed by atoms with Gasteiger partial charge in [-0.1, -0.05) is 6.92 Å². The average molecular weight is 282 g/mol. The first kappa shape index (κ1) is 11.6. The van der Waals surface area contributed by atoms with Crippen molar-refractivity contribution in [3.8, 4) is 0 Å². The zero-order chi connectivity index (χ0) is 11.5. The molecule has 0 aliphatic carbocycles. The standard InChI is InChI=1S/C13H16BrNO/c1-2-11-4-3-7-15(11)13-6-5-10(9-16)8-12(13)14/h5-6,8-9,11H,2-4,7H2,1H3. The molecule has 1 aromatic carbocycles. The molecule has 1 atom stereocenters. The van der Waals surface area contributed by atoms with Gasteiger partial charge in [0.25, 0.3) is 0 Å². The zero-order valence-electron chi connectivity index (χ0n) is 9.45. The number of halogens is 1. The highest BCUT2D eigenvalue weighted by Gasteiger charge is 2.24. The molecule has 1 aliphatic rings. The molecule has 2 rings (SSSR count). The fourth-order valence-electron chi connectivity index (χ4n) is 2.41.